The number of rotatable bonds is 5. The quantitative estimate of drug-likeness (QED) is 0.834. The maximum absolute atomic E-state index is 12.1. The van der Waals surface area contributed by atoms with E-state index in [1.54, 1.807) is 13.1 Å². The molecule has 112 valence electrons. The molecule has 0 aliphatic rings. The van der Waals surface area contributed by atoms with Crippen molar-refractivity contribution in [1.29, 1.82) is 0 Å². The molecular weight excluding hydrogens is 274 g/mol. The van der Waals surface area contributed by atoms with Gasteiger partial charge in [0.2, 0.25) is 0 Å². The van der Waals surface area contributed by atoms with Crippen molar-refractivity contribution < 1.29 is 14.7 Å². The molecule has 0 saturated heterocycles. The molecule has 8 nitrogen and oxygen atoms in total. The van der Waals surface area contributed by atoms with Gasteiger partial charge in [-0.15, -0.1) is 5.10 Å². The Morgan fingerprint density at radius 2 is 2.14 bits per heavy atom. The highest BCUT2D eigenvalue weighted by atomic mass is 16.4. The van der Waals surface area contributed by atoms with Crippen molar-refractivity contribution in [3.8, 4) is 0 Å². The Morgan fingerprint density at radius 3 is 2.76 bits per heavy atom. The topological polar surface area (TPSA) is 110 Å². The lowest BCUT2D eigenvalue weighted by Crippen LogP contribution is -2.41. The zero-order valence-electron chi connectivity index (χ0n) is 12.1. The Bertz CT molecular complexity index is 679. The molecule has 0 aliphatic carbocycles. The lowest BCUT2D eigenvalue weighted by molar-refractivity contribution is -0.139. The lowest BCUT2D eigenvalue weighted by atomic mass is 10.0. The van der Waals surface area contributed by atoms with Gasteiger partial charge in [-0.05, 0) is 18.4 Å². The van der Waals surface area contributed by atoms with Crippen LogP contribution in [0.4, 0.5) is 0 Å². The van der Waals surface area contributed by atoms with Gasteiger partial charge in [0.1, 0.15) is 11.6 Å². The van der Waals surface area contributed by atoms with Crippen molar-refractivity contribution in [2.24, 2.45) is 13.0 Å². The van der Waals surface area contributed by atoms with Crippen LogP contribution in [0.15, 0.2) is 12.3 Å². The number of aliphatic carboxylic acids is 1. The predicted octanol–water partition coefficient (Wildman–Crippen LogP) is 0.592. The van der Waals surface area contributed by atoms with Gasteiger partial charge >= 0.3 is 5.97 Å². The molecule has 21 heavy (non-hydrogen) atoms. The zero-order chi connectivity index (χ0) is 15.6. The monoisotopic (exact) mass is 291 g/mol. The first-order valence-corrected chi connectivity index (χ1v) is 6.57. The fraction of sp³-hybridized carbons (Fsp3) is 0.462. The van der Waals surface area contributed by atoms with Crippen molar-refractivity contribution in [1.82, 2.24) is 25.3 Å². The van der Waals surface area contributed by atoms with Gasteiger partial charge < -0.3 is 10.4 Å². The molecule has 0 aliphatic heterocycles. The summed E-state index contributed by atoms with van der Waals surface area (Å²) >= 11 is 0. The van der Waals surface area contributed by atoms with Crippen LogP contribution in [0.25, 0.3) is 11.2 Å². The summed E-state index contributed by atoms with van der Waals surface area (Å²) in [4.78, 5) is 27.4. The highest BCUT2D eigenvalue weighted by molar-refractivity contribution is 5.98. The lowest BCUT2D eigenvalue weighted by Gasteiger charge is -2.16. The number of carbonyl (C=O) groups is 2. The van der Waals surface area contributed by atoms with Gasteiger partial charge in [0.25, 0.3) is 5.91 Å². The zero-order valence-corrected chi connectivity index (χ0v) is 12.1. The number of nitrogens with zero attached hydrogens (tertiary/aromatic N) is 4. The highest BCUT2D eigenvalue weighted by Crippen LogP contribution is 2.11. The number of hydrogen-bond donors (Lipinski definition) is 2. The van der Waals surface area contributed by atoms with Gasteiger partial charge in [0, 0.05) is 13.2 Å². The smallest absolute Gasteiger partial charge is 0.326 e. The largest absolute Gasteiger partial charge is 0.480 e. The predicted molar refractivity (Wildman–Crippen MR) is 74.6 cm³/mol. The molecule has 1 atom stereocenters. The standard InChI is InChI=1S/C13H17N5O3/c1-7(2)4-10(13(20)21)15-12(19)8-5-9-11(14-6-8)18(3)17-16-9/h5-7,10H,4H2,1-3H3,(H,15,19)(H,20,21)/t10-/m1/s1. The second kappa shape index (κ2) is 5.86. The second-order valence-electron chi connectivity index (χ2n) is 5.27. The number of fused-ring (bicyclic) bond motifs is 1. The number of amides is 1. The molecule has 2 aromatic rings. The summed E-state index contributed by atoms with van der Waals surface area (Å²) in [6.45, 7) is 3.80. The number of aryl methyl sites for hydroxylation is 1. The van der Waals surface area contributed by atoms with E-state index in [4.69, 9.17) is 5.11 Å². The van der Waals surface area contributed by atoms with Crippen LogP contribution < -0.4 is 5.32 Å². The molecule has 0 radical (unpaired) electrons. The first-order chi connectivity index (χ1) is 9.88. The Hall–Kier alpha value is -2.51. The molecule has 2 aromatic heterocycles. The van der Waals surface area contributed by atoms with Gasteiger partial charge in [-0.1, -0.05) is 19.1 Å². The normalized spacial score (nSPS) is 12.6. The minimum Gasteiger partial charge on any atom is -0.480 e. The van der Waals surface area contributed by atoms with Crippen LogP contribution in [-0.4, -0.2) is 43.0 Å². The first kappa shape index (κ1) is 14.9. The fourth-order valence-corrected chi connectivity index (χ4v) is 1.99. The van der Waals surface area contributed by atoms with Crippen LogP contribution in [0.3, 0.4) is 0 Å². The van der Waals surface area contributed by atoms with Gasteiger partial charge in [-0.25, -0.2) is 14.5 Å². The molecule has 0 saturated carbocycles. The Balaban J connectivity index is 2.18. The molecule has 2 N–H and O–H groups in total. The number of aromatic nitrogens is 4. The van der Waals surface area contributed by atoms with Crippen LogP contribution in [0.1, 0.15) is 30.6 Å². The number of nitrogens with one attached hydrogen (secondary N) is 1. The average Bonchev–Trinajstić information content (AvgIpc) is 2.78. The molecule has 0 bridgehead atoms. The number of pyridine rings is 1. The van der Waals surface area contributed by atoms with E-state index < -0.39 is 17.9 Å². The van der Waals surface area contributed by atoms with E-state index >= 15 is 0 Å². The van der Waals surface area contributed by atoms with Crippen molar-refractivity contribution in [2.75, 3.05) is 0 Å². The first-order valence-electron chi connectivity index (χ1n) is 6.57. The Kier molecular flexibility index (Phi) is 4.15. The van der Waals surface area contributed by atoms with Gasteiger partial charge in [0.15, 0.2) is 5.65 Å². The summed E-state index contributed by atoms with van der Waals surface area (Å²) in [6, 6.07) is 0.619. The third kappa shape index (κ3) is 3.33. The maximum atomic E-state index is 12.1. The highest BCUT2D eigenvalue weighted by Gasteiger charge is 2.22. The molecular formula is C13H17N5O3. The van der Waals surface area contributed by atoms with Crippen molar-refractivity contribution in [3.63, 3.8) is 0 Å². The SMILES string of the molecule is CC(C)C[C@@H](NC(=O)c1cnc2c(c1)nnn2C)C(=O)O. The summed E-state index contributed by atoms with van der Waals surface area (Å²) in [5.41, 5.74) is 1.31. The summed E-state index contributed by atoms with van der Waals surface area (Å²) in [5, 5.41) is 19.3. The summed E-state index contributed by atoms with van der Waals surface area (Å²) in [5.74, 6) is -1.37. The molecule has 0 unspecified atom stereocenters. The second-order valence-corrected chi connectivity index (χ2v) is 5.27. The molecule has 2 heterocycles. The van der Waals surface area contributed by atoms with Crippen molar-refractivity contribution in [2.45, 2.75) is 26.3 Å². The van der Waals surface area contributed by atoms with Crippen molar-refractivity contribution in [3.05, 3.63) is 17.8 Å². The van der Waals surface area contributed by atoms with Crippen molar-refractivity contribution >= 4 is 23.0 Å². The number of hydrogen-bond acceptors (Lipinski definition) is 5. The van der Waals surface area contributed by atoms with Crippen LogP contribution in [0.2, 0.25) is 0 Å². The average molecular weight is 291 g/mol. The molecule has 0 fully saturated rings. The molecule has 8 heteroatoms. The fourth-order valence-electron chi connectivity index (χ4n) is 1.99. The Labute approximate surface area is 121 Å². The Morgan fingerprint density at radius 1 is 1.43 bits per heavy atom. The van der Waals surface area contributed by atoms with E-state index in [2.05, 4.69) is 20.6 Å². The number of carboxylic acids is 1. The van der Waals surface area contributed by atoms with E-state index in [1.165, 1.54) is 10.9 Å². The maximum Gasteiger partial charge on any atom is 0.326 e. The minimum absolute atomic E-state index is 0.159. The summed E-state index contributed by atoms with van der Waals surface area (Å²) < 4.78 is 1.50. The van der Waals surface area contributed by atoms with Gasteiger partial charge in [-0.2, -0.15) is 0 Å². The van der Waals surface area contributed by atoms with Crippen LogP contribution >= 0.6 is 0 Å². The van der Waals surface area contributed by atoms with E-state index in [0.717, 1.165) is 0 Å². The molecule has 0 spiro atoms. The van der Waals surface area contributed by atoms with Crippen LogP contribution in [-0.2, 0) is 11.8 Å². The summed E-state index contributed by atoms with van der Waals surface area (Å²) in [7, 11) is 1.70. The molecule has 1 amide bonds. The van der Waals surface area contributed by atoms with E-state index in [1.807, 2.05) is 13.8 Å². The van der Waals surface area contributed by atoms with E-state index in [-0.39, 0.29) is 11.5 Å². The third-order valence-electron chi connectivity index (χ3n) is 3.01. The minimum atomic E-state index is -1.05. The number of carbonyl (C=O) groups excluding carboxylic acids is 1. The molecule has 0 aromatic carbocycles. The van der Waals surface area contributed by atoms with Crippen LogP contribution in [0.5, 0.6) is 0 Å². The third-order valence-corrected chi connectivity index (χ3v) is 3.01. The van der Waals surface area contributed by atoms with Gasteiger partial charge in [0.05, 0.1) is 5.56 Å². The van der Waals surface area contributed by atoms with E-state index in [0.29, 0.717) is 17.6 Å². The van der Waals surface area contributed by atoms with Crippen LogP contribution in [0, 0.1) is 5.92 Å². The summed E-state index contributed by atoms with van der Waals surface area (Å²) in [6.07, 6.45) is 1.75. The molecule has 2 rings (SSSR count). The van der Waals surface area contributed by atoms with Gasteiger partial charge in [-0.3, -0.25) is 4.79 Å². The van der Waals surface area contributed by atoms with E-state index in [9.17, 15) is 9.59 Å². The number of carboxylic acid groups (broad SMARTS) is 1.